The fourth-order valence-electron chi connectivity index (χ4n) is 2.96. The first kappa shape index (κ1) is 25.2. The summed E-state index contributed by atoms with van der Waals surface area (Å²) in [7, 11) is -4.18. The van der Waals surface area contributed by atoms with Crippen molar-refractivity contribution in [3.63, 3.8) is 0 Å². The highest BCUT2D eigenvalue weighted by atomic mass is 35.5. The summed E-state index contributed by atoms with van der Waals surface area (Å²) in [6.07, 6.45) is 1.42. The third-order valence-corrected chi connectivity index (χ3v) is 7.19. The summed E-state index contributed by atoms with van der Waals surface area (Å²) >= 11 is 12.1. The fourth-order valence-corrected chi connectivity index (χ4v) is 5.02. The number of halogens is 2. The van der Waals surface area contributed by atoms with Gasteiger partial charge in [0.1, 0.15) is 11.5 Å². The van der Waals surface area contributed by atoms with Crippen molar-refractivity contribution < 1.29 is 22.9 Å². The molecule has 3 aromatic rings. The lowest BCUT2D eigenvalue weighted by atomic mass is 10.2. The van der Waals surface area contributed by atoms with Crippen LogP contribution in [0.5, 0.6) is 0 Å². The van der Waals surface area contributed by atoms with E-state index in [9.17, 15) is 23.3 Å². The number of non-ortho nitro benzene ring substituents is 1. The van der Waals surface area contributed by atoms with Crippen LogP contribution in [0.1, 0.15) is 15.9 Å². The Hall–Kier alpha value is -3.40. The van der Waals surface area contributed by atoms with Crippen LogP contribution in [0.2, 0.25) is 10.0 Å². The van der Waals surface area contributed by atoms with E-state index < -0.39 is 20.9 Å². The van der Waals surface area contributed by atoms with E-state index in [2.05, 4.69) is 6.58 Å². The van der Waals surface area contributed by atoms with E-state index >= 15 is 0 Å². The average Bonchev–Trinajstić information content (AvgIpc) is 2.82. The number of ether oxygens (including phenoxy) is 1. The van der Waals surface area contributed by atoms with Gasteiger partial charge in [-0.05, 0) is 60.2 Å². The lowest BCUT2D eigenvalue weighted by Crippen LogP contribution is -2.31. The molecule has 0 amide bonds. The van der Waals surface area contributed by atoms with Crippen LogP contribution < -0.4 is 4.31 Å². The Kier molecular flexibility index (Phi) is 7.93. The predicted octanol–water partition coefficient (Wildman–Crippen LogP) is 5.64. The van der Waals surface area contributed by atoms with Crippen molar-refractivity contribution in [2.75, 3.05) is 10.8 Å². The van der Waals surface area contributed by atoms with Crippen molar-refractivity contribution in [2.24, 2.45) is 0 Å². The Labute approximate surface area is 206 Å². The minimum absolute atomic E-state index is 0.0282. The van der Waals surface area contributed by atoms with Gasteiger partial charge in [0.05, 0.1) is 27.7 Å². The maximum absolute atomic E-state index is 13.4. The van der Waals surface area contributed by atoms with Crippen molar-refractivity contribution in [1.29, 1.82) is 0 Å². The second kappa shape index (κ2) is 10.7. The molecule has 0 spiro atoms. The third kappa shape index (κ3) is 5.74. The van der Waals surface area contributed by atoms with Gasteiger partial charge in [0.2, 0.25) is 0 Å². The van der Waals surface area contributed by atoms with Crippen molar-refractivity contribution in [2.45, 2.75) is 11.5 Å². The first-order chi connectivity index (χ1) is 16.1. The molecule has 0 atom stereocenters. The van der Waals surface area contributed by atoms with Crippen LogP contribution in [0.3, 0.4) is 0 Å². The zero-order valence-corrected chi connectivity index (χ0v) is 19.9. The van der Waals surface area contributed by atoms with Crippen LogP contribution in [-0.4, -0.2) is 25.9 Å². The number of benzene rings is 3. The number of nitro groups is 1. The predicted molar refractivity (Wildman–Crippen MR) is 130 cm³/mol. The normalized spacial score (nSPS) is 11.0. The number of rotatable bonds is 9. The molecule has 3 rings (SSSR count). The first-order valence-corrected chi connectivity index (χ1v) is 11.9. The number of carbonyl (C=O) groups is 1. The van der Waals surface area contributed by atoms with E-state index in [1.165, 1.54) is 42.5 Å². The van der Waals surface area contributed by atoms with Crippen LogP contribution in [0.4, 0.5) is 11.4 Å². The second-order valence-corrected chi connectivity index (χ2v) is 9.62. The van der Waals surface area contributed by atoms with E-state index in [1.807, 2.05) is 0 Å². The Morgan fingerprint density at radius 2 is 1.71 bits per heavy atom. The zero-order valence-electron chi connectivity index (χ0n) is 17.6. The Balaban J connectivity index is 1.86. The second-order valence-electron chi connectivity index (χ2n) is 6.95. The van der Waals surface area contributed by atoms with Gasteiger partial charge < -0.3 is 4.74 Å². The number of nitrogens with zero attached hydrogens (tertiary/aromatic N) is 2. The van der Waals surface area contributed by atoms with Gasteiger partial charge in [-0.25, -0.2) is 13.2 Å². The summed E-state index contributed by atoms with van der Waals surface area (Å²) in [6, 6.07) is 15.5. The molecule has 8 nitrogen and oxygen atoms in total. The molecule has 11 heteroatoms. The number of nitro benzene ring substituents is 1. The van der Waals surface area contributed by atoms with Crippen molar-refractivity contribution in [3.8, 4) is 0 Å². The van der Waals surface area contributed by atoms with Crippen molar-refractivity contribution >= 4 is 50.6 Å². The molecule has 3 aromatic carbocycles. The molecule has 0 aliphatic rings. The smallest absolute Gasteiger partial charge is 0.338 e. The quantitative estimate of drug-likeness (QED) is 0.156. The van der Waals surface area contributed by atoms with Gasteiger partial charge in [-0.2, -0.15) is 0 Å². The highest BCUT2D eigenvalue weighted by Gasteiger charge is 2.28. The molecule has 176 valence electrons. The van der Waals surface area contributed by atoms with Crippen LogP contribution in [0, 0.1) is 10.1 Å². The number of hydrogen-bond acceptors (Lipinski definition) is 6. The van der Waals surface area contributed by atoms with Gasteiger partial charge >= 0.3 is 5.97 Å². The number of sulfonamides is 1. The molecule has 0 aliphatic carbocycles. The van der Waals surface area contributed by atoms with E-state index in [0.717, 1.165) is 10.4 Å². The summed E-state index contributed by atoms with van der Waals surface area (Å²) in [6.45, 7) is 3.41. The fraction of sp³-hybridized carbons (Fsp3) is 0.0870. The molecule has 0 fully saturated rings. The van der Waals surface area contributed by atoms with E-state index in [0.29, 0.717) is 16.3 Å². The molecule has 0 heterocycles. The number of anilines is 1. The standard InChI is InChI=1S/C23H18Cl2N2O6S/c1-2-13-26(19-10-6-18(24)7-11-19)34(31,32)22-14-17(5-12-21(22)25)23(28)33-15-16-3-8-20(9-4-16)27(29)30/h2-12,14H,1,13,15H2. The van der Waals surface area contributed by atoms with Gasteiger partial charge in [0.25, 0.3) is 15.7 Å². The van der Waals surface area contributed by atoms with Gasteiger partial charge in [-0.3, -0.25) is 14.4 Å². The first-order valence-electron chi connectivity index (χ1n) is 9.72. The highest BCUT2D eigenvalue weighted by molar-refractivity contribution is 7.93. The lowest BCUT2D eigenvalue weighted by molar-refractivity contribution is -0.384. The van der Waals surface area contributed by atoms with Crippen molar-refractivity contribution in [1.82, 2.24) is 0 Å². The lowest BCUT2D eigenvalue weighted by Gasteiger charge is -2.24. The summed E-state index contributed by atoms with van der Waals surface area (Å²) in [5, 5.41) is 11.1. The molecule has 0 saturated carbocycles. The largest absolute Gasteiger partial charge is 0.457 e. The van der Waals surface area contributed by atoms with Crippen molar-refractivity contribution in [3.05, 3.63) is 111 Å². The Bertz CT molecular complexity index is 1330. The molecule has 0 N–H and O–H groups in total. The minimum Gasteiger partial charge on any atom is -0.457 e. The molecular weight excluding hydrogens is 503 g/mol. The summed E-state index contributed by atoms with van der Waals surface area (Å²) in [4.78, 5) is 22.5. The molecule has 0 bridgehead atoms. The Morgan fingerprint density at radius 3 is 2.29 bits per heavy atom. The van der Waals surface area contributed by atoms with Gasteiger partial charge in [-0.15, -0.1) is 6.58 Å². The summed E-state index contributed by atoms with van der Waals surface area (Å²) < 4.78 is 33.2. The molecule has 0 radical (unpaired) electrons. The Morgan fingerprint density at radius 1 is 1.06 bits per heavy atom. The maximum Gasteiger partial charge on any atom is 0.338 e. The van der Waals surface area contributed by atoms with E-state index in [4.69, 9.17) is 27.9 Å². The van der Waals surface area contributed by atoms with Crippen LogP contribution in [0.15, 0.2) is 84.3 Å². The molecule has 34 heavy (non-hydrogen) atoms. The molecule has 0 unspecified atom stereocenters. The average molecular weight is 521 g/mol. The maximum atomic E-state index is 13.4. The number of carbonyl (C=O) groups excluding carboxylic acids is 1. The molecule has 0 saturated heterocycles. The van der Waals surface area contributed by atoms with Crippen LogP contribution >= 0.6 is 23.2 Å². The van der Waals surface area contributed by atoms with Crippen LogP contribution in [-0.2, 0) is 21.4 Å². The number of hydrogen-bond donors (Lipinski definition) is 0. The molecule has 0 aliphatic heterocycles. The van der Waals surface area contributed by atoms with Crippen LogP contribution in [0.25, 0.3) is 0 Å². The monoisotopic (exact) mass is 520 g/mol. The number of esters is 1. The third-order valence-electron chi connectivity index (χ3n) is 4.66. The molecule has 0 aromatic heterocycles. The van der Waals surface area contributed by atoms with Gasteiger partial charge in [-0.1, -0.05) is 29.3 Å². The van der Waals surface area contributed by atoms with Gasteiger partial charge in [0, 0.05) is 17.2 Å². The minimum atomic E-state index is -4.18. The van der Waals surface area contributed by atoms with E-state index in [1.54, 1.807) is 24.3 Å². The van der Waals surface area contributed by atoms with E-state index in [-0.39, 0.29) is 34.3 Å². The zero-order chi connectivity index (χ0) is 24.9. The molecular formula is C23H18Cl2N2O6S. The SMILES string of the molecule is C=CCN(c1ccc(Cl)cc1)S(=O)(=O)c1cc(C(=O)OCc2ccc([N+](=O)[O-])cc2)ccc1Cl. The summed E-state index contributed by atoms with van der Waals surface area (Å²) in [5.41, 5.74) is 0.749. The highest BCUT2D eigenvalue weighted by Crippen LogP contribution is 2.30. The topological polar surface area (TPSA) is 107 Å². The summed E-state index contributed by atoms with van der Waals surface area (Å²) in [5.74, 6) is -0.784. The van der Waals surface area contributed by atoms with Gasteiger partial charge in [0.15, 0.2) is 0 Å².